The minimum absolute atomic E-state index is 0.0733. The van der Waals surface area contributed by atoms with Gasteiger partial charge in [0.1, 0.15) is 0 Å². The largest absolute Gasteiger partial charge is 0.493 e. The highest BCUT2D eigenvalue weighted by Crippen LogP contribution is 2.30. The van der Waals surface area contributed by atoms with E-state index in [0.717, 1.165) is 40.7 Å². The Balaban J connectivity index is 1.74. The van der Waals surface area contributed by atoms with Crippen molar-refractivity contribution >= 4 is 10.9 Å². The molecule has 2 aromatic heterocycles. The number of ether oxygens (including phenoxy) is 2. The molecule has 0 aliphatic heterocycles. The fourth-order valence-corrected chi connectivity index (χ4v) is 5.21. The number of aryl methyl sites for hydroxylation is 2. The number of rotatable bonds is 10. The number of nitrogens with zero attached hydrogens (tertiary/aromatic N) is 5. The number of pyridine rings is 1. The maximum atomic E-state index is 13.3. The molecule has 0 saturated carbocycles. The maximum absolute atomic E-state index is 13.3. The van der Waals surface area contributed by atoms with Crippen LogP contribution in [0.4, 0.5) is 0 Å². The summed E-state index contributed by atoms with van der Waals surface area (Å²) in [5.74, 6) is 2.19. The van der Waals surface area contributed by atoms with Crippen LogP contribution >= 0.6 is 0 Å². The van der Waals surface area contributed by atoms with Crippen LogP contribution in [0.15, 0.2) is 41.2 Å². The number of fused-ring (bicyclic) bond motifs is 1. The molecule has 4 aromatic rings. The fourth-order valence-electron chi connectivity index (χ4n) is 5.21. The average molecular weight is 533 g/mol. The Morgan fingerprint density at radius 1 is 1.05 bits per heavy atom. The van der Waals surface area contributed by atoms with Gasteiger partial charge in [0.25, 0.3) is 5.56 Å². The van der Waals surface area contributed by atoms with E-state index < -0.39 is 0 Å². The minimum Gasteiger partial charge on any atom is -0.493 e. The summed E-state index contributed by atoms with van der Waals surface area (Å²) in [4.78, 5) is 18.7. The van der Waals surface area contributed by atoms with Gasteiger partial charge in [-0.2, -0.15) is 0 Å². The van der Waals surface area contributed by atoms with Crippen LogP contribution in [-0.2, 0) is 18.5 Å². The summed E-state index contributed by atoms with van der Waals surface area (Å²) in [6, 6.07) is 12.1. The summed E-state index contributed by atoms with van der Waals surface area (Å²) in [6.07, 6.45) is 1.53. The van der Waals surface area contributed by atoms with E-state index in [4.69, 9.17) is 9.47 Å². The lowest BCUT2D eigenvalue weighted by Gasteiger charge is -2.32. The molecule has 39 heavy (non-hydrogen) atoms. The number of benzene rings is 2. The summed E-state index contributed by atoms with van der Waals surface area (Å²) in [7, 11) is 3.28. The standard InChI is InChI=1S/C30H40N6O3/c1-9-24(28-32-33-34-36(28)30(4,5)6)35(13-12-21-10-11-25(38-7)26(16-21)39-8)18-23-17-22-15-19(2)14-20(3)27(22)31-29(23)37/h10-11,14-17,24H,9,12-13,18H2,1-8H3,(H,31,37). The van der Waals surface area contributed by atoms with Crippen molar-refractivity contribution in [1.82, 2.24) is 30.1 Å². The molecule has 0 aliphatic carbocycles. The Morgan fingerprint density at radius 3 is 2.46 bits per heavy atom. The quantitative estimate of drug-likeness (QED) is 0.303. The SMILES string of the molecule is CCC(c1nnnn1C(C)(C)C)N(CCc1ccc(OC)c(OC)c1)Cc1cc2cc(C)cc(C)c2[nH]c1=O. The zero-order valence-electron chi connectivity index (χ0n) is 24.3. The first-order valence-electron chi connectivity index (χ1n) is 13.4. The van der Waals surface area contributed by atoms with Gasteiger partial charge >= 0.3 is 0 Å². The Kier molecular flexibility index (Phi) is 8.39. The molecule has 0 radical (unpaired) electrons. The van der Waals surface area contributed by atoms with Crippen molar-refractivity contribution in [2.45, 2.75) is 72.5 Å². The summed E-state index contributed by atoms with van der Waals surface area (Å²) in [6.45, 7) is 13.7. The van der Waals surface area contributed by atoms with E-state index in [1.54, 1.807) is 14.2 Å². The van der Waals surface area contributed by atoms with Crippen molar-refractivity contribution < 1.29 is 9.47 Å². The van der Waals surface area contributed by atoms with E-state index in [1.165, 1.54) is 5.56 Å². The van der Waals surface area contributed by atoms with Crippen LogP contribution in [0, 0.1) is 13.8 Å². The average Bonchev–Trinajstić information content (AvgIpc) is 3.38. The van der Waals surface area contributed by atoms with Gasteiger partial charge in [-0.15, -0.1) is 5.10 Å². The molecule has 1 atom stereocenters. The predicted octanol–water partition coefficient (Wildman–Crippen LogP) is 5.10. The van der Waals surface area contributed by atoms with Crippen LogP contribution in [-0.4, -0.2) is 50.9 Å². The van der Waals surface area contributed by atoms with Gasteiger partial charge in [0.15, 0.2) is 17.3 Å². The zero-order valence-corrected chi connectivity index (χ0v) is 24.3. The van der Waals surface area contributed by atoms with Crippen molar-refractivity contribution in [1.29, 1.82) is 0 Å². The van der Waals surface area contributed by atoms with Crippen LogP contribution in [0.2, 0.25) is 0 Å². The second kappa shape index (κ2) is 11.6. The number of aromatic amines is 1. The normalized spacial score (nSPS) is 12.7. The van der Waals surface area contributed by atoms with E-state index in [-0.39, 0.29) is 17.1 Å². The van der Waals surface area contributed by atoms with Gasteiger partial charge in [-0.3, -0.25) is 9.69 Å². The van der Waals surface area contributed by atoms with Crippen LogP contribution < -0.4 is 15.0 Å². The van der Waals surface area contributed by atoms with Crippen molar-refractivity contribution in [3.63, 3.8) is 0 Å². The van der Waals surface area contributed by atoms with Crippen LogP contribution in [0.5, 0.6) is 11.5 Å². The molecule has 9 nitrogen and oxygen atoms in total. The minimum atomic E-state index is -0.281. The number of hydrogen-bond acceptors (Lipinski definition) is 7. The molecule has 0 amide bonds. The lowest BCUT2D eigenvalue weighted by molar-refractivity contribution is 0.163. The third kappa shape index (κ3) is 6.14. The molecule has 1 N–H and O–H groups in total. The van der Waals surface area contributed by atoms with Gasteiger partial charge in [0, 0.05) is 18.7 Å². The Hall–Kier alpha value is -3.72. The lowest BCUT2D eigenvalue weighted by atomic mass is 10.0. The van der Waals surface area contributed by atoms with Gasteiger partial charge in [-0.05, 0) is 98.7 Å². The van der Waals surface area contributed by atoms with Crippen LogP contribution in [0.3, 0.4) is 0 Å². The molecule has 2 heterocycles. The smallest absolute Gasteiger partial charge is 0.252 e. The van der Waals surface area contributed by atoms with Gasteiger partial charge in [0.2, 0.25) is 0 Å². The number of methoxy groups -OCH3 is 2. The maximum Gasteiger partial charge on any atom is 0.252 e. The van der Waals surface area contributed by atoms with Crippen molar-refractivity contribution in [3.05, 3.63) is 74.8 Å². The lowest BCUT2D eigenvalue weighted by Crippen LogP contribution is -2.36. The van der Waals surface area contributed by atoms with E-state index in [0.29, 0.717) is 30.2 Å². The Morgan fingerprint density at radius 2 is 1.79 bits per heavy atom. The highest BCUT2D eigenvalue weighted by Gasteiger charge is 2.29. The topological polar surface area (TPSA) is 98.2 Å². The van der Waals surface area contributed by atoms with E-state index >= 15 is 0 Å². The van der Waals surface area contributed by atoms with Gasteiger partial charge < -0.3 is 14.5 Å². The fraction of sp³-hybridized carbons (Fsp3) is 0.467. The molecule has 208 valence electrons. The Labute approximate surface area is 230 Å². The summed E-state index contributed by atoms with van der Waals surface area (Å²) < 4.78 is 12.8. The first kappa shape index (κ1) is 28.3. The van der Waals surface area contributed by atoms with E-state index in [9.17, 15) is 4.79 Å². The number of tetrazole rings is 1. The zero-order chi connectivity index (χ0) is 28.3. The molecule has 0 spiro atoms. The van der Waals surface area contributed by atoms with Crippen molar-refractivity contribution in [3.8, 4) is 11.5 Å². The monoisotopic (exact) mass is 532 g/mol. The third-order valence-corrected chi connectivity index (χ3v) is 7.13. The van der Waals surface area contributed by atoms with Crippen LogP contribution in [0.1, 0.15) is 68.2 Å². The Bertz CT molecular complexity index is 1500. The van der Waals surface area contributed by atoms with Gasteiger partial charge in [-0.1, -0.05) is 24.6 Å². The van der Waals surface area contributed by atoms with Crippen molar-refractivity contribution in [2.75, 3.05) is 20.8 Å². The van der Waals surface area contributed by atoms with Gasteiger partial charge in [-0.25, -0.2) is 4.68 Å². The third-order valence-electron chi connectivity index (χ3n) is 7.13. The molecular formula is C30H40N6O3. The van der Waals surface area contributed by atoms with Crippen LogP contribution in [0.25, 0.3) is 10.9 Å². The first-order valence-corrected chi connectivity index (χ1v) is 13.4. The summed E-state index contributed by atoms with van der Waals surface area (Å²) >= 11 is 0. The van der Waals surface area contributed by atoms with Gasteiger partial charge in [0.05, 0.1) is 31.3 Å². The highest BCUT2D eigenvalue weighted by molar-refractivity contribution is 5.82. The predicted molar refractivity (Wildman–Crippen MR) is 154 cm³/mol. The first-order chi connectivity index (χ1) is 18.5. The van der Waals surface area contributed by atoms with E-state index in [2.05, 4.69) is 72.2 Å². The summed E-state index contributed by atoms with van der Waals surface area (Å²) in [5.41, 5.74) is 4.59. The van der Waals surface area contributed by atoms with Crippen molar-refractivity contribution in [2.24, 2.45) is 0 Å². The molecule has 0 aliphatic rings. The number of hydrogen-bond donors (Lipinski definition) is 1. The molecule has 2 aromatic carbocycles. The van der Waals surface area contributed by atoms with E-state index in [1.807, 2.05) is 35.9 Å². The molecular weight excluding hydrogens is 492 g/mol. The number of H-pyrrole nitrogens is 1. The molecule has 4 rings (SSSR count). The number of aromatic nitrogens is 5. The second-order valence-corrected chi connectivity index (χ2v) is 11.1. The molecule has 0 bridgehead atoms. The molecule has 1 unspecified atom stereocenters. The second-order valence-electron chi connectivity index (χ2n) is 11.1. The summed E-state index contributed by atoms with van der Waals surface area (Å²) in [5, 5.41) is 13.8. The number of nitrogens with one attached hydrogen (secondary N) is 1. The molecule has 0 fully saturated rings. The highest BCUT2D eigenvalue weighted by atomic mass is 16.5. The molecule has 0 saturated heterocycles. The molecule has 9 heteroatoms.